The molecule has 2 nitrogen and oxygen atoms in total. The molecule has 0 saturated heterocycles. The third kappa shape index (κ3) is 2.05. The SMILES string of the molecule is CC(C)C(=O)c1ccc(N)c(F)c1. The fourth-order valence-corrected chi connectivity index (χ4v) is 1.01. The number of anilines is 1. The molecule has 0 aliphatic carbocycles. The van der Waals surface area contributed by atoms with Crippen molar-refractivity contribution in [3.63, 3.8) is 0 Å². The number of nitrogen functional groups attached to an aromatic ring is 1. The zero-order chi connectivity index (χ0) is 10.0. The van der Waals surface area contributed by atoms with E-state index in [0.29, 0.717) is 5.56 Å². The number of Topliss-reactive ketones (excluding diaryl/α,β-unsaturated/α-hetero) is 1. The highest BCUT2D eigenvalue weighted by Gasteiger charge is 2.11. The maximum Gasteiger partial charge on any atom is 0.165 e. The van der Waals surface area contributed by atoms with Gasteiger partial charge in [-0.25, -0.2) is 4.39 Å². The summed E-state index contributed by atoms with van der Waals surface area (Å²) < 4.78 is 12.9. The van der Waals surface area contributed by atoms with Gasteiger partial charge in [-0.15, -0.1) is 0 Å². The summed E-state index contributed by atoms with van der Waals surface area (Å²) in [6.45, 7) is 3.55. The molecule has 0 unspecified atom stereocenters. The lowest BCUT2D eigenvalue weighted by atomic mass is 10.0. The molecular formula is C10H12FNO. The smallest absolute Gasteiger partial charge is 0.165 e. The van der Waals surface area contributed by atoms with Crippen molar-refractivity contribution >= 4 is 11.5 Å². The molecule has 0 bridgehead atoms. The van der Waals surface area contributed by atoms with Gasteiger partial charge in [-0.1, -0.05) is 13.8 Å². The second-order valence-electron chi connectivity index (χ2n) is 3.26. The molecular weight excluding hydrogens is 169 g/mol. The molecule has 0 atom stereocenters. The summed E-state index contributed by atoms with van der Waals surface area (Å²) in [5, 5.41) is 0. The van der Waals surface area contributed by atoms with Gasteiger partial charge < -0.3 is 5.73 Å². The van der Waals surface area contributed by atoms with E-state index in [1.807, 2.05) is 0 Å². The zero-order valence-electron chi connectivity index (χ0n) is 7.67. The minimum absolute atomic E-state index is 0.0697. The quantitative estimate of drug-likeness (QED) is 0.561. The molecule has 13 heavy (non-hydrogen) atoms. The van der Waals surface area contributed by atoms with Crippen LogP contribution in [0.15, 0.2) is 18.2 Å². The van der Waals surface area contributed by atoms with Crippen LogP contribution in [0.1, 0.15) is 24.2 Å². The van der Waals surface area contributed by atoms with Crippen molar-refractivity contribution in [2.75, 3.05) is 5.73 Å². The second kappa shape index (κ2) is 3.56. The van der Waals surface area contributed by atoms with Crippen molar-refractivity contribution in [1.82, 2.24) is 0 Å². The van der Waals surface area contributed by atoms with E-state index in [2.05, 4.69) is 0 Å². The van der Waals surface area contributed by atoms with Gasteiger partial charge in [-0.3, -0.25) is 4.79 Å². The number of nitrogens with two attached hydrogens (primary N) is 1. The summed E-state index contributed by atoms with van der Waals surface area (Å²) in [5.41, 5.74) is 5.72. The first-order chi connectivity index (χ1) is 6.02. The van der Waals surface area contributed by atoms with Crippen LogP contribution in [0.2, 0.25) is 0 Å². The van der Waals surface area contributed by atoms with E-state index in [9.17, 15) is 9.18 Å². The topological polar surface area (TPSA) is 43.1 Å². The normalized spacial score (nSPS) is 10.5. The Morgan fingerprint density at radius 3 is 2.54 bits per heavy atom. The molecule has 70 valence electrons. The van der Waals surface area contributed by atoms with Gasteiger partial charge >= 0.3 is 0 Å². The number of hydrogen-bond acceptors (Lipinski definition) is 2. The second-order valence-corrected chi connectivity index (χ2v) is 3.26. The molecule has 0 heterocycles. The maximum atomic E-state index is 12.9. The lowest BCUT2D eigenvalue weighted by molar-refractivity contribution is 0.0939. The lowest BCUT2D eigenvalue weighted by Crippen LogP contribution is -2.08. The summed E-state index contributed by atoms with van der Waals surface area (Å²) in [6, 6.07) is 4.13. The van der Waals surface area contributed by atoms with Crippen molar-refractivity contribution in [2.24, 2.45) is 5.92 Å². The first-order valence-electron chi connectivity index (χ1n) is 4.11. The van der Waals surface area contributed by atoms with Crippen LogP contribution in [0.5, 0.6) is 0 Å². The Morgan fingerprint density at radius 1 is 1.46 bits per heavy atom. The monoisotopic (exact) mass is 181 g/mol. The van der Waals surface area contributed by atoms with Gasteiger partial charge in [0.05, 0.1) is 5.69 Å². The highest BCUT2D eigenvalue weighted by atomic mass is 19.1. The summed E-state index contributed by atoms with van der Waals surface area (Å²) in [7, 11) is 0. The predicted molar refractivity (Wildman–Crippen MR) is 50.0 cm³/mol. The minimum Gasteiger partial charge on any atom is -0.396 e. The summed E-state index contributed by atoms with van der Waals surface area (Å²) in [4.78, 5) is 11.4. The van der Waals surface area contributed by atoms with Gasteiger partial charge in [0.2, 0.25) is 0 Å². The maximum absolute atomic E-state index is 12.9. The molecule has 0 amide bonds. The molecule has 0 spiro atoms. The average molecular weight is 181 g/mol. The number of halogens is 1. The summed E-state index contributed by atoms with van der Waals surface area (Å²) >= 11 is 0. The molecule has 0 aliphatic rings. The van der Waals surface area contributed by atoms with E-state index in [-0.39, 0.29) is 17.4 Å². The third-order valence-electron chi connectivity index (χ3n) is 1.81. The van der Waals surface area contributed by atoms with E-state index in [1.165, 1.54) is 12.1 Å². The largest absolute Gasteiger partial charge is 0.396 e. The van der Waals surface area contributed by atoms with E-state index in [4.69, 9.17) is 5.73 Å². The molecule has 0 aromatic heterocycles. The molecule has 1 aromatic carbocycles. The van der Waals surface area contributed by atoms with E-state index >= 15 is 0 Å². The fraction of sp³-hybridized carbons (Fsp3) is 0.300. The minimum atomic E-state index is -0.536. The molecule has 0 aliphatic heterocycles. The standard InChI is InChI=1S/C10H12FNO/c1-6(2)10(13)7-3-4-9(12)8(11)5-7/h3-6H,12H2,1-2H3. The van der Waals surface area contributed by atoms with Crippen molar-refractivity contribution in [1.29, 1.82) is 0 Å². The van der Waals surface area contributed by atoms with Crippen molar-refractivity contribution in [2.45, 2.75) is 13.8 Å². The van der Waals surface area contributed by atoms with E-state index in [0.717, 1.165) is 0 Å². The molecule has 2 N–H and O–H groups in total. The Balaban J connectivity index is 3.04. The molecule has 0 fully saturated rings. The Kier molecular flexibility index (Phi) is 2.66. The zero-order valence-corrected chi connectivity index (χ0v) is 7.67. The molecule has 1 aromatic rings. The van der Waals surface area contributed by atoms with Crippen LogP contribution in [0.3, 0.4) is 0 Å². The first-order valence-corrected chi connectivity index (χ1v) is 4.11. The molecule has 3 heteroatoms. The average Bonchev–Trinajstić information content (AvgIpc) is 2.08. The van der Waals surface area contributed by atoms with Crippen LogP contribution in [-0.2, 0) is 0 Å². The van der Waals surface area contributed by atoms with Gasteiger partial charge in [-0.2, -0.15) is 0 Å². The van der Waals surface area contributed by atoms with Crippen LogP contribution in [0.25, 0.3) is 0 Å². The van der Waals surface area contributed by atoms with Gasteiger partial charge in [0.15, 0.2) is 5.78 Å². The van der Waals surface area contributed by atoms with Crippen molar-refractivity contribution in [3.05, 3.63) is 29.6 Å². The number of benzene rings is 1. The van der Waals surface area contributed by atoms with Crippen LogP contribution >= 0.6 is 0 Å². The number of carbonyl (C=O) groups excluding carboxylic acids is 1. The number of rotatable bonds is 2. The lowest BCUT2D eigenvalue weighted by Gasteiger charge is -2.04. The molecule has 1 rings (SSSR count). The Labute approximate surface area is 76.6 Å². The number of ketones is 1. The summed E-state index contributed by atoms with van der Waals surface area (Å²) in [6.07, 6.45) is 0. The van der Waals surface area contributed by atoms with Crippen molar-refractivity contribution in [3.8, 4) is 0 Å². The van der Waals surface area contributed by atoms with E-state index in [1.54, 1.807) is 19.9 Å². The van der Waals surface area contributed by atoms with Crippen LogP contribution < -0.4 is 5.73 Å². The summed E-state index contributed by atoms with van der Waals surface area (Å²) in [5.74, 6) is -0.728. The van der Waals surface area contributed by atoms with Crippen LogP contribution in [-0.4, -0.2) is 5.78 Å². The van der Waals surface area contributed by atoms with Crippen molar-refractivity contribution < 1.29 is 9.18 Å². The Hall–Kier alpha value is -1.38. The first kappa shape index (κ1) is 9.71. The third-order valence-corrected chi connectivity index (χ3v) is 1.81. The molecule has 0 radical (unpaired) electrons. The van der Waals surface area contributed by atoms with Gasteiger partial charge in [0.1, 0.15) is 5.82 Å². The van der Waals surface area contributed by atoms with E-state index < -0.39 is 5.82 Å². The van der Waals surface area contributed by atoms with Crippen LogP contribution in [0, 0.1) is 11.7 Å². The van der Waals surface area contributed by atoms with Gasteiger partial charge in [-0.05, 0) is 18.2 Å². The number of carbonyl (C=O) groups is 1. The predicted octanol–water partition coefficient (Wildman–Crippen LogP) is 2.25. The molecule has 0 saturated carbocycles. The van der Waals surface area contributed by atoms with Crippen LogP contribution in [0.4, 0.5) is 10.1 Å². The Morgan fingerprint density at radius 2 is 2.08 bits per heavy atom. The van der Waals surface area contributed by atoms with Gasteiger partial charge in [0, 0.05) is 11.5 Å². The highest BCUT2D eigenvalue weighted by molar-refractivity contribution is 5.97. The fourth-order valence-electron chi connectivity index (χ4n) is 1.01. The van der Waals surface area contributed by atoms with Gasteiger partial charge in [0.25, 0.3) is 0 Å². The number of hydrogen-bond donors (Lipinski definition) is 1. The highest BCUT2D eigenvalue weighted by Crippen LogP contribution is 2.14. The Bertz CT molecular complexity index is 334.